The zero-order chi connectivity index (χ0) is 18.2. The van der Waals surface area contributed by atoms with Crippen LogP contribution >= 0.6 is 24.0 Å². The number of nitrogens with one attached hydrogen (secondary N) is 2. The summed E-state index contributed by atoms with van der Waals surface area (Å²) in [5, 5.41) is 11.2. The molecule has 0 unspecified atom stereocenters. The standard InChI is InChI=1S/C20H30N6.HI/c1-21-20(22-11-8-18-14-23-25(2)15-18)24-19-9-12-26(13-10-19)16-17-6-4-3-5-7-17;/h3-7,14-15,19H,8-13,16H2,1-2H3,(H2,21,22,24);1H. The van der Waals surface area contributed by atoms with Gasteiger partial charge in [0.25, 0.3) is 0 Å². The van der Waals surface area contributed by atoms with Crippen LogP contribution in [0.2, 0.25) is 0 Å². The summed E-state index contributed by atoms with van der Waals surface area (Å²) in [6.07, 6.45) is 7.22. The van der Waals surface area contributed by atoms with Crippen molar-refractivity contribution in [2.24, 2.45) is 12.0 Å². The molecule has 148 valence electrons. The van der Waals surface area contributed by atoms with Gasteiger partial charge >= 0.3 is 0 Å². The van der Waals surface area contributed by atoms with Gasteiger partial charge in [-0.05, 0) is 30.4 Å². The molecule has 1 fully saturated rings. The minimum absolute atomic E-state index is 0. The van der Waals surface area contributed by atoms with Gasteiger partial charge in [-0.3, -0.25) is 14.6 Å². The molecule has 0 aliphatic carbocycles. The smallest absolute Gasteiger partial charge is 0.191 e. The van der Waals surface area contributed by atoms with Crippen LogP contribution in [0.15, 0.2) is 47.7 Å². The lowest BCUT2D eigenvalue weighted by Gasteiger charge is -2.33. The first-order valence-electron chi connectivity index (χ1n) is 9.44. The van der Waals surface area contributed by atoms with Crippen LogP contribution in [0.5, 0.6) is 0 Å². The van der Waals surface area contributed by atoms with E-state index >= 15 is 0 Å². The lowest BCUT2D eigenvalue weighted by molar-refractivity contribution is 0.198. The van der Waals surface area contributed by atoms with Gasteiger partial charge in [0, 0.05) is 52.5 Å². The Balaban J connectivity index is 0.00000261. The summed E-state index contributed by atoms with van der Waals surface area (Å²) in [7, 11) is 3.78. The van der Waals surface area contributed by atoms with E-state index in [1.54, 1.807) is 0 Å². The summed E-state index contributed by atoms with van der Waals surface area (Å²) in [6.45, 7) is 4.16. The molecule has 3 rings (SSSR count). The van der Waals surface area contributed by atoms with Crippen LogP contribution in [-0.2, 0) is 20.0 Å². The van der Waals surface area contributed by atoms with Crippen LogP contribution in [0.25, 0.3) is 0 Å². The molecule has 0 saturated carbocycles. The predicted molar refractivity (Wildman–Crippen MR) is 122 cm³/mol. The first-order chi connectivity index (χ1) is 12.7. The van der Waals surface area contributed by atoms with E-state index in [-0.39, 0.29) is 24.0 Å². The Morgan fingerprint density at radius 2 is 1.93 bits per heavy atom. The fourth-order valence-corrected chi connectivity index (χ4v) is 3.39. The van der Waals surface area contributed by atoms with E-state index in [1.807, 2.05) is 25.0 Å². The number of hydrogen-bond donors (Lipinski definition) is 2. The number of rotatable bonds is 6. The Bertz CT molecular complexity index is 692. The molecular formula is C20H31IN6. The van der Waals surface area contributed by atoms with Crippen molar-refractivity contribution in [2.45, 2.75) is 31.8 Å². The van der Waals surface area contributed by atoms with Crippen molar-refractivity contribution in [3.63, 3.8) is 0 Å². The molecule has 1 aliphatic rings. The summed E-state index contributed by atoms with van der Waals surface area (Å²) in [5.41, 5.74) is 2.64. The maximum Gasteiger partial charge on any atom is 0.191 e. The lowest BCUT2D eigenvalue weighted by Crippen LogP contribution is -2.48. The number of aliphatic imine (C=N–C) groups is 1. The highest BCUT2D eigenvalue weighted by Gasteiger charge is 2.19. The van der Waals surface area contributed by atoms with Crippen LogP contribution in [0.4, 0.5) is 0 Å². The molecule has 0 atom stereocenters. The molecule has 0 bridgehead atoms. The zero-order valence-corrected chi connectivity index (χ0v) is 18.6. The summed E-state index contributed by atoms with van der Waals surface area (Å²) in [4.78, 5) is 6.90. The summed E-state index contributed by atoms with van der Waals surface area (Å²) in [6, 6.07) is 11.2. The van der Waals surface area contributed by atoms with Crippen molar-refractivity contribution in [3.05, 3.63) is 53.9 Å². The predicted octanol–water partition coefficient (Wildman–Crippen LogP) is 2.41. The number of halogens is 1. The van der Waals surface area contributed by atoms with Gasteiger partial charge in [-0.2, -0.15) is 5.10 Å². The molecule has 2 aromatic rings. The number of nitrogens with zero attached hydrogens (tertiary/aromatic N) is 4. The van der Waals surface area contributed by atoms with E-state index in [0.29, 0.717) is 6.04 Å². The summed E-state index contributed by atoms with van der Waals surface area (Å²) >= 11 is 0. The Morgan fingerprint density at radius 3 is 2.56 bits per heavy atom. The second kappa shape index (κ2) is 11.3. The van der Waals surface area contributed by atoms with Gasteiger partial charge < -0.3 is 10.6 Å². The van der Waals surface area contributed by atoms with Gasteiger partial charge in [0.05, 0.1) is 6.20 Å². The van der Waals surface area contributed by atoms with Crippen molar-refractivity contribution in [1.82, 2.24) is 25.3 Å². The largest absolute Gasteiger partial charge is 0.356 e. The monoisotopic (exact) mass is 482 g/mol. The quantitative estimate of drug-likeness (QED) is 0.377. The van der Waals surface area contributed by atoms with Gasteiger partial charge in [0.2, 0.25) is 0 Å². The molecule has 1 saturated heterocycles. The Morgan fingerprint density at radius 1 is 1.19 bits per heavy atom. The molecular weight excluding hydrogens is 451 g/mol. The first-order valence-corrected chi connectivity index (χ1v) is 9.44. The topological polar surface area (TPSA) is 57.5 Å². The maximum atomic E-state index is 4.37. The normalized spacial score (nSPS) is 16.0. The molecule has 1 aromatic carbocycles. The fourth-order valence-electron chi connectivity index (χ4n) is 3.39. The molecule has 2 N–H and O–H groups in total. The number of guanidine groups is 1. The van der Waals surface area contributed by atoms with Crippen molar-refractivity contribution in [1.29, 1.82) is 0 Å². The number of benzene rings is 1. The number of aromatic nitrogens is 2. The molecule has 27 heavy (non-hydrogen) atoms. The van der Waals surface area contributed by atoms with E-state index in [9.17, 15) is 0 Å². The van der Waals surface area contributed by atoms with Crippen LogP contribution in [0, 0.1) is 0 Å². The second-order valence-electron chi connectivity index (χ2n) is 6.95. The van der Waals surface area contributed by atoms with Crippen LogP contribution in [0.3, 0.4) is 0 Å². The van der Waals surface area contributed by atoms with E-state index in [1.165, 1.54) is 11.1 Å². The average Bonchev–Trinajstić information content (AvgIpc) is 3.08. The van der Waals surface area contributed by atoms with Crippen molar-refractivity contribution < 1.29 is 0 Å². The van der Waals surface area contributed by atoms with Gasteiger partial charge in [-0.1, -0.05) is 30.3 Å². The molecule has 0 spiro atoms. The molecule has 2 heterocycles. The van der Waals surface area contributed by atoms with Gasteiger partial charge in [0.15, 0.2) is 5.96 Å². The minimum Gasteiger partial charge on any atom is -0.356 e. The van der Waals surface area contributed by atoms with Crippen molar-refractivity contribution in [2.75, 3.05) is 26.7 Å². The molecule has 0 amide bonds. The average molecular weight is 482 g/mol. The van der Waals surface area contributed by atoms with Crippen molar-refractivity contribution >= 4 is 29.9 Å². The third-order valence-corrected chi connectivity index (χ3v) is 4.87. The molecule has 7 heteroatoms. The second-order valence-corrected chi connectivity index (χ2v) is 6.95. The zero-order valence-electron chi connectivity index (χ0n) is 16.3. The third kappa shape index (κ3) is 7.14. The van der Waals surface area contributed by atoms with Gasteiger partial charge in [0.1, 0.15) is 0 Å². The summed E-state index contributed by atoms with van der Waals surface area (Å²) in [5.74, 6) is 0.899. The highest BCUT2D eigenvalue weighted by molar-refractivity contribution is 14.0. The Kier molecular flexibility index (Phi) is 9.06. The van der Waals surface area contributed by atoms with Crippen molar-refractivity contribution in [3.8, 4) is 0 Å². The SMILES string of the molecule is CN=C(NCCc1cnn(C)c1)NC1CCN(Cc2ccccc2)CC1.I. The van der Waals surface area contributed by atoms with E-state index in [2.05, 4.69) is 62.2 Å². The Labute approximate surface area is 179 Å². The number of likely N-dealkylation sites (tertiary alicyclic amines) is 1. The van der Waals surface area contributed by atoms with Gasteiger partial charge in [-0.15, -0.1) is 24.0 Å². The highest BCUT2D eigenvalue weighted by Crippen LogP contribution is 2.13. The molecule has 1 aromatic heterocycles. The third-order valence-electron chi connectivity index (χ3n) is 4.87. The fraction of sp³-hybridized carbons (Fsp3) is 0.500. The Hall–Kier alpha value is -1.61. The minimum atomic E-state index is 0. The van der Waals surface area contributed by atoms with E-state index in [0.717, 1.165) is 51.4 Å². The van der Waals surface area contributed by atoms with Crippen LogP contribution < -0.4 is 10.6 Å². The highest BCUT2D eigenvalue weighted by atomic mass is 127. The van der Waals surface area contributed by atoms with Crippen LogP contribution in [0.1, 0.15) is 24.0 Å². The molecule has 6 nitrogen and oxygen atoms in total. The lowest BCUT2D eigenvalue weighted by atomic mass is 10.0. The van der Waals surface area contributed by atoms with Gasteiger partial charge in [-0.25, -0.2) is 0 Å². The number of hydrogen-bond acceptors (Lipinski definition) is 3. The molecule has 1 aliphatic heterocycles. The summed E-state index contributed by atoms with van der Waals surface area (Å²) < 4.78 is 1.84. The molecule has 0 radical (unpaired) electrons. The maximum absolute atomic E-state index is 4.37. The number of aryl methyl sites for hydroxylation is 1. The van der Waals surface area contributed by atoms with E-state index < -0.39 is 0 Å². The van der Waals surface area contributed by atoms with E-state index in [4.69, 9.17) is 0 Å². The number of piperidine rings is 1. The van der Waals surface area contributed by atoms with Crippen LogP contribution in [-0.4, -0.2) is 53.4 Å². The first kappa shape index (κ1) is 21.7.